The van der Waals surface area contributed by atoms with Crippen LogP contribution >= 0.6 is 0 Å². The number of hydrogen-bond acceptors (Lipinski definition) is 3. The molecule has 1 aromatic heterocycles. The molecule has 0 unspecified atom stereocenters. The monoisotopic (exact) mass is 236 g/mol. The number of nitrogens with one attached hydrogen (secondary N) is 1. The lowest BCUT2D eigenvalue weighted by atomic mass is 9.78. The van der Waals surface area contributed by atoms with Crippen molar-refractivity contribution in [1.82, 2.24) is 10.5 Å². The van der Waals surface area contributed by atoms with Gasteiger partial charge in [0.25, 0.3) is 5.91 Å². The van der Waals surface area contributed by atoms with Gasteiger partial charge in [-0.1, -0.05) is 31.8 Å². The number of amides is 1. The zero-order valence-electron chi connectivity index (χ0n) is 10.7. The van der Waals surface area contributed by atoms with E-state index in [9.17, 15) is 4.79 Å². The first-order valence-electron chi connectivity index (χ1n) is 6.32. The van der Waals surface area contributed by atoms with Gasteiger partial charge in [-0.2, -0.15) is 0 Å². The van der Waals surface area contributed by atoms with Crippen LogP contribution < -0.4 is 5.32 Å². The fourth-order valence-corrected chi connectivity index (χ4v) is 2.50. The summed E-state index contributed by atoms with van der Waals surface area (Å²) in [6.07, 6.45) is 3.51. The second kappa shape index (κ2) is 4.90. The van der Waals surface area contributed by atoms with Crippen molar-refractivity contribution in [1.29, 1.82) is 0 Å². The van der Waals surface area contributed by atoms with Gasteiger partial charge >= 0.3 is 0 Å². The van der Waals surface area contributed by atoms with E-state index < -0.39 is 0 Å². The van der Waals surface area contributed by atoms with Crippen LogP contribution in [0.15, 0.2) is 10.6 Å². The summed E-state index contributed by atoms with van der Waals surface area (Å²) in [5.41, 5.74) is 0.382. The van der Waals surface area contributed by atoms with Crippen molar-refractivity contribution in [3.05, 3.63) is 17.5 Å². The van der Waals surface area contributed by atoms with E-state index in [-0.39, 0.29) is 11.9 Å². The highest BCUT2D eigenvalue weighted by Gasteiger charge is 2.28. The van der Waals surface area contributed by atoms with Gasteiger partial charge in [-0.05, 0) is 25.2 Å². The molecule has 4 heteroatoms. The molecular formula is C13H20N2O2. The van der Waals surface area contributed by atoms with Crippen molar-refractivity contribution in [2.24, 2.45) is 11.8 Å². The average Bonchev–Trinajstić information content (AvgIpc) is 2.72. The Morgan fingerprint density at radius 1 is 1.47 bits per heavy atom. The highest BCUT2D eigenvalue weighted by Crippen LogP contribution is 2.29. The van der Waals surface area contributed by atoms with Crippen LogP contribution in [0, 0.1) is 18.8 Å². The topological polar surface area (TPSA) is 55.1 Å². The molecule has 0 saturated heterocycles. The minimum atomic E-state index is -0.118. The van der Waals surface area contributed by atoms with Gasteiger partial charge in [-0.25, -0.2) is 0 Å². The third kappa shape index (κ3) is 2.68. The molecule has 1 saturated carbocycles. The summed E-state index contributed by atoms with van der Waals surface area (Å²) in [5, 5.41) is 6.81. The molecule has 1 aliphatic rings. The van der Waals surface area contributed by atoms with Gasteiger partial charge in [0, 0.05) is 12.1 Å². The predicted molar refractivity (Wildman–Crippen MR) is 64.7 cm³/mol. The molecule has 1 fully saturated rings. The van der Waals surface area contributed by atoms with Gasteiger partial charge in [0.05, 0.1) is 0 Å². The predicted octanol–water partition coefficient (Wildman–Crippen LogP) is 2.54. The Hall–Kier alpha value is -1.32. The maximum absolute atomic E-state index is 11.9. The van der Waals surface area contributed by atoms with Gasteiger partial charge in [0.1, 0.15) is 5.76 Å². The van der Waals surface area contributed by atoms with E-state index in [0.29, 0.717) is 23.3 Å². The number of nitrogens with zero attached hydrogens (tertiary/aromatic N) is 1. The van der Waals surface area contributed by atoms with E-state index >= 15 is 0 Å². The minimum absolute atomic E-state index is 0.118. The number of rotatable bonds is 2. The molecule has 94 valence electrons. The molecule has 0 bridgehead atoms. The van der Waals surface area contributed by atoms with Crippen molar-refractivity contribution in [2.45, 2.75) is 46.1 Å². The highest BCUT2D eigenvalue weighted by molar-refractivity contribution is 5.92. The molecule has 17 heavy (non-hydrogen) atoms. The smallest absolute Gasteiger partial charge is 0.273 e. The number of carbonyl (C=O) groups excluding carboxylic acids is 1. The van der Waals surface area contributed by atoms with Crippen LogP contribution in [0.3, 0.4) is 0 Å². The van der Waals surface area contributed by atoms with Gasteiger partial charge in [-0.3, -0.25) is 4.79 Å². The van der Waals surface area contributed by atoms with E-state index in [0.717, 1.165) is 6.42 Å². The van der Waals surface area contributed by atoms with E-state index in [4.69, 9.17) is 4.52 Å². The fourth-order valence-electron chi connectivity index (χ4n) is 2.50. The lowest BCUT2D eigenvalue weighted by Gasteiger charge is -2.34. The van der Waals surface area contributed by atoms with E-state index in [1.54, 1.807) is 13.0 Å². The molecule has 1 heterocycles. The van der Waals surface area contributed by atoms with Gasteiger partial charge < -0.3 is 9.84 Å². The third-order valence-corrected chi connectivity index (χ3v) is 3.88. The Morgan fingerprint density at radius 2 is 2.24 bits per heavy atom. The van der Waals surface area contributed by atoms with Crippen LogP contribution in [0.1, 0.15) is 49.4 Å². The molecule has 0 aliphatic heterocycles. The summed E-state index contributed by atoms with van der Waals surface area (Å²) in [6.45, 7) is 6.25. The van der Waals surface area contributed by atoms with Crippen molar-refractivity contribution >= 4 is 5.91 Å². The van der Waals surface area contributed by atoms with Crippen molar-refractivity contribution < 1.29 is 9.32 Å². The molecule has 4 nitrogen and oxygen atoms in total. The number of aromatic nitrogens is 1. The van der Waals surface area contributed by atoms with E-state index in [1.165, 1.54) is 12.8 Å². The van der Waals surface area contributed by atoms with Crippen LogP contribution in [-0.4, -0.2) is 17.1 Å². The Morgan fingerprint density at radius 3 is 2.88 bits per heavy atom. The lowest BCUT2D eigenvalue weighted by Crippen LogP contribution is -2.43. The Labute approximate surface area is 102 Å². The SMILES string of the molecule is Cc1cc(C(=O)N[C@@H]2CCC[C@@H](C)[C@@H]2C)no1. The van der Waals surface area contributed by atoms with E-state index in [1.807, 2.05) is 0 Å². The molecule has 3 atom stereocenters. The Kier molecular flexibility index (Phi) is 3.50. The minimum Gasteiger partial charge on any atom is -0.361 e. The quantitative estimate of drug-likeness (QED) is 0.858. The third-order valence-electron chi connectivity index (χ3n) is 3.88. The number of hydrogen-bond donors (Lipinski definition) is 1. The summed E-state index contributed by atoms with van der Waals surface area (Å²) in [4.78, 5) is 11.9. The highest BCUT2D eigenvalue weighted by atomic mass is 16.5. The second-order valence-corrected chi connectivity index (χ2v) is 5.17. The molecule has 0 spiro atoms. The van der Waals surface area contributed by atoms with Crippen molar-refractivity contribution in [3.63, 3.8) is 0 Å². The van der Waals surface area contributed by atoms with Crippen LogP contribution in [0.25, 0.3) is 0 Å². The Balaban J connectivity index is 1.98. The summed E-state index contributed by atoms with van der Waals surface area (Å²) in [7, 11) is 0. The van der Waals surface area contributed by atoms with Crippen LogP contribution in [0.2, 0.25) is 0 Å². The van der Waals surface area contributed by atoms with Crippen molar-refractivity contribution in [2.75, 3.05) is 0 Å². The number of carbonyl (C=O) groups is 1. The first-order valence-corrected chi connectivity index (χ1v) is 6.32. The largest absolute Gasteiger partial charge is 0.361 e. The zero-order valence-corrected chi connectivity index (χ0v) is 10.7. The van der Waals surface area contributed by atoms with Crippen LogP contribution in [-0.2, 0) is 0 Å². The summed E-state index contributed by atoms with van der Waals surface area (Å²) in [6, 6.07) is 1.94. The second-order valence-electron chi connectivity index (χ2n) is 5.17. The first-order chi connectivity index (χ1) is 8.08. The molecule has 1 aromatic rings. The van der Waals surface area contributed by atoms with Crippen molar-refractivity contribution in [3.8, 4) is 0 Å². The summed E-state index contributed by atoms with van der Waals surface area (Å²) in [5.74, 6) is 1.75. The van der Waals surface area contributed by atoms with Gasteiger partial charge in [0.2, 0.25) is 0 Å². The summed E-state index contributed by atoms with van der Waals surface area (Å²) < 4.78 is 4.91. The molecule has 1 amide bonds. The van der Waals surface area contributed by atoms with Gasteiger partial charge in [0.15, 0.2) is 5.69 Å². The fraction of sp³-hybridized carbons (Fsp3) is 0.692. The maximum atomic E-state index is 11.9. The van der Waals surface area contributed by atoms with Crippen LogP contribution in [0.4, 0.5) is 0 Å². The summed E-state index contributed by atoms with van der Waals surface area (Å²) >= 11 is 0. The zero-order chi connectivity index (χ0) is 12.4. The average molecular weight is 236 g/mol. The van der Waals surface area contributed by atoms with E-state index in [2.05, 4.69) is 24.3 Å². The molecule has 0 radical (unpaired) electrons. The molecular weight excluding hydrogens is 216 g/mol. The maximum Gasteiger partial charge on any atom is 0.273 e. The number of aryl methyl sites for hydroxylation is 1. The van der Waals surface area contributed by atoms with Gasteiger partial charge in [-0.15, -0.1) is 0 Å². The standard InChI is InChI=1S/C13H20N2O2/c1-8-5-4-6-11(10(8)3)14-13(16)12-7-9(2)17-15-12/h7-8,10-11H,4-6H2,1-3H3,(H,14,16)/t8-,10+,11-/m1/s1. The first kappa shape index (κ1) is 12.1. The molecule has 1 aliphatic carbocycles. The van der Waals surface area contributed by atoms with Crippen LogP contribution in [0.5, 0.6) is 0 Å². The lowest BCUT2D eigenvalue weighted by molar-refractivity contribution is 0.0882. The molecule has 0 aromatic carbocycles. The molecule has 1 N–H and O–H groups in total. The normalized spacial score (nSPS) is 29.0. The Bertz CT molecular complexity index is 400. The molecule has 2 rings (SSSR count).